The lowest BCUT2D eigenvalue weighted by Crippen LogP contribution is -2.06. The Bertz CT molecular complexity index is 729. The molecule has 2 aromatic carbocycles. The normalized spacial score (nSPS) is 14.1. The van der Waals surface area contributed by atoms with Crippen molar-refractivity contribution in [3.63, 3.8) is 0 Å². The molecule has 0 saturated heterocycles. The number of aliphatic imine (C=N–C) groups is 1. The van der Waals surface area contributed by atoms with Gasteiger partial charge in [-0.05, 0) is 79.0 Å². The third-order valence-corrected chi connectivity index (χ3v) is 4.85. The van der Waals surface area contributed by atoms with Crippen molar-refractivity contribution in [3.05, 3.63) is 64.2 Å². The molecule has 0 amide bonds. The van der Waals surface area contributed by atoms with E-state index in [2.05, 4.69) is 44.2 Å². The first-order valence-electron chi connectivity index (χ1n) is 8.68. The summed E-state index contributed by atoms with van der Waals surface area (Å²) in [4.78, 5) is 4.71. The third kappa shape index (κ3) is 3.47. The molecule has 0 saturated carbocycles. The molecule has 0 spiro atoms. The summed E-state index contributed by atoms with van der Waals surface area (Å²) in [5.74, 6) is 0. The average molecular weight is 306 g/mol. The molecule has 2 heteroatoms. The van der Waals surface area contributed by atoms with Crippen molar-refractivity contribution in [2.45, 2.75) is 46.0 Å². The van der Waals surface area contributed by atoms with Crippen LogP contribution in [0.15, 0.2) is 41.4 Å². The van der Waals surface area contributed by atoms with Gasteiger partial charge in [0.2, 0.25) is 0 Å². The molecule has 0 aromatic heterocycles. The average Bonchev–Trinajstić information content (AvgIpc) is 3.08. The molecule has 1 heterocycles. The quantitative estimate of drug-likeness (QED) is 0.811. The van der Waals surface area contributed by atoms with Crippen LogP contribution in [0.5, 0.6) is 0 Å². The Morgan fingerprint density at radius 2 is 1.96 bits per heavy atom. The summed E-state index contributed by atoms with van der Waals surface area (Å²) < 4.78 is 0. The molecule has 0 atom stereocenters. The summed E-state index contributed by atoms with van der Waals surface area (Å²) in [5.41, 5.74) is 15.1. The SMILES string of the molecule is CCc1ccc(N)cc1CCc1c(C)cccc1C1=NCCC1. The zero-order valence-electron chi connectivity index (χ0n) is 14.2. The molecule has 2 nitrogen and oxygen atoms in total. The van der Waals surface area contributed by atoms with Crippen LogP contribution < -0.4 is 5.73 Å². The predicted octanol–water partition coefficient (Wildman–Crippen LogP) is 4.51. The maximum Gasteiger partial charge on any atom is 0.0424 e. The van der Waals surface area contributed by atoms with Gasteiger partial charge in [-0.15, -0.1) is 0 Å². The number of benzene rings is 2. The molecule has 120 valence electrons. The van der Waals surface area contributed by atoms with E-state index in [1.54, 1.807) is 0 Å². The van der Waals surface area contributed by atoms with Gasteiger partial charge in [-0.1, -0.05) is 31.2 Å². The number of nitrogen functional groups attached to an aromatic ring is 1. The maximum absolute atomic E-state index is 5.99. The van der Waals surface area contributed by atoms with Gasteiger partial charge in [0.15, 0.2) is 0 Å². The van der Waals surface area contributed by atoms with Gasteiger partial charge in [0.1, 0.15) is 0 Å². The second-order valence-electron chi connectivity index (χ2n) is 6.41. The fourth-order valence-corrected chi connectivity index (χ4v) is 3.55. The van der Waals surface area contributed by atoms with E-state index in [0.717, 1.165) is 37.9 Å². The number of rotatable bonds is 5. The van der Waals surface area contributed by atoms with Crippen LogP contribution in [-0.2, 0) is 19.3 Å². The molecule has 0 fully saturated rings. The number of hydrogen-bond acceptors (Lipinski definition) is 2. The smallest absolute Gasteiger partial charge is 0.0424 e. The first kappa shape index (κ1) is 15.8. The monoisotopic (exact) mass is 306 g/mol. The van der Waals surface area contributed by atoms with Crippen LogP contribution in [0.1, 0.15) is 47.6 Å². The van der Waals surface area contributed by atoms with E-state index < -0.39 is 0 Å². The molecular formula is C21H26N2. The van der Waals surface area contributed by atoms with Crippen LogP contribution >= 0.6 is 0 Å². The van der Waals surface area contributed by atoms with Crippen LogP contribution in [0.3, 0.4) is 0 Å². The van der Waals surface area contributed by atoms with Gasteiger partial charge >= 0.3 is 0 Å². The molecule has 0 bridgehead atoms. The zero-order valence-corrected chi connectivity index (χ0v) is 14.2. The lowest BCUT2D eigenvalue weighted by atomic mass is 9.91. The molecule has 2 aromatic rings. The minimum Gasteiger partial charge on any atom is -0.399 e. The highest BCUT2D eigenvalue weighted by Crippen LogP contribution is 2.23. The highest BCUT2D eigenvalue weighted by molar-refractivity contribution is 6.03. The fraction of sp³-hybridized carbons (Fsp3) is 0.381. The van der Waals surface area contributed by atoms with Crippen molar-refractivity contribution in [1.29, 1.82) is 0 Å². The Balaban J connectivity index is 1.87. The first-order chi connectivity index (χ1) is 11.2. The zero-order chi connectivity index (χ0) is 16.2. The van der Waals surface area contributed by atoms with Gasteiger partial charge < -0.3 is 5.73 Å². The summed E-state index contributed by atoms with van der Waals surface area (Å²) >= 11 is 0. The standard InChI is InChI=1S/C21H26N2/c1-3-16-9-11-18(22)14-17(16)10-12-19-15(2)6-4-7-20(19)21-8-5-13-23-21/h4,6-7,9,11,14H,3,5,8,10,12-13,22H2,1-2H3. The van der Waals surface area contributed by atoms with E-state index in [0.29, 0.717) is 0 Å². The van der Waals surface area contributed by atoms with Crippen LogP contribution in [0.2, 0.25) is 0 Å². The first-order valence-corrected chi connectivity index (χ1v) is 8.68. The molecule has 1 aliphatic rings. The maximum atomic E-state index is 5.99. The Labute approximate surface area is 139 Å². The topological polar surface area (TPSA) is 38.4 Å². The molecular weight excluding hydrogens is 280 g/mol. The molecule has 0 radical (unpaired) electrons. The molecule has 2 N–H and O–H groups in total. The van der Waals surface area contributed by atoms with E-state index in [9.17, 15) is 0 Å². The van der Waals surface area contributed by atoms with Crippen LogP contribution in [0.4, 0.5) is 5.69 Å². The van der Waals surface area contributed by atoms with E-state index in [1.165, 1.54) is 39.9 Å². The highest BCUT2D eigenvalue weighted by atomic mass is 14.8. The Morgan fingerprint density at radius 3 is 2.70 bits per heavy atom. The molecule has 0 aliphatic carbocycles. The minimum absolute atomic E-state index is 0.863. The summed E-state index contributed by atoms with van der Waals surface area (Å²) in [6.45, 7) is 5.41. The molecule has 23 heavy (non-hydrogen) atoms. The van der Waals surface area contributed by atoms with E-state index in [-0.39, 0.29) is 0 Å². The second-order valence-corrected chi connectivity index (χ2v) is 6.41. The number of anilines is 1. The number of nitrogens with zero attached hydrogens (tertiary/aromatic N) is 1. The summed E-state index contributed by atoms with van der Waals surface area (Å²) in [7, 11) is 0. The van der Waals surface area contributed by atoms with Crippen LogP contribution in [0, 0.1) is 6.92 Å². The van der Waals surface area contributed by atoms with Crippen molar-refractivity contribution in [2.24, 2.45) is 4.99 Å². The van der Waals surface area contributed by atoms with Crippen molar-refractivity contribution in [2.75, 3.05) is 12.3 Å². The molecule has 1 aliphatic heterocycles. The Hall–Kier alpha value is -2.09. The van der Waals surface area contributed by atoms with Gasteiger partial charge in [-0.3, -0.25) is 4.99 Å². The number of aryl methyl sites for hydroxylation is 3. The van der Waals surface area contributed by atoms with Crippen molar-refractivity contribution in [3.8, 4) is 0 Å². The Morgan fingerprint density at radius 1 is 1.09 bits per heavy atom. The van der Waals surface area contributed by atoms with Gasteiger partial charge in [-0.2, -0.15) is 0 Å². The number of nitrogens with two attached hydrogens (primary N) is 1. The van der Waals surface area contributed by atoms with Crippen molar-refractivity contribution in [1.82, 2.24) is 0 Å². The van der Waals surface area contributed by atoms with Crippen LogP contribution in [0.25, 0.3) is 0 Å². The van der Waals surface area contributed by atoms with E-state index >= 15 is 0 Å². The Kier molecular flexibility index (Phi) is 4.80. The minimum atomic E-state index is 0.863. The molecule has 0 unspecified atom stereocenters. The van der Waals surface area contributed by atoms with Gasteiger partial charge in [0.25, 0.3) is 0 Å². The summed E-state index contributed by atoms with van der Waals surface area (Å²) in [6.07, 6.45) is 5.46. The van der Waals surface area contributed by atoms with Crippen molar-refractivity contribution >= 4 is 11.4 Å². The largest absolute Gasteiger partial charge is 0.399 e. The third-order valence-electron chi connectivity index (χ3n) is 4.85. The second kappa shape index (κ2) is 6.99. The summed E-state index contributed by atoms with van der Waals surface area (Å²) in [6, 6.07) is 12.9. The fourth-order valence-electron chi connectivity index (χ4n) is 3.55. The lowest BCUT2D eigenvalue weighted by molar-refractivity contribution is 0.919. The molecule has 3 rings (SSSR count). The van der Waals surface area contributed by atoms with Gasteiger partial charge in [0.05, 0.1) is 0 Å². The van der Waals surface area contributed by atoms with Gasteiger partial charge in [-0.25, -0.2) is 0 Å². The van der Waals surface area contributed by atoms with Crippen molar-refractivity contribution < 1.29 is 0 Å². The van der Waals surface area contributed by atoms with Gasteiger partial charge in [0, 0.05) is 17.9 Å². The van der Waals surface area contributed by atoms with E-state index in [4.69, 9.17) is 10.7 Å². The lowest BCUT2D eigenvalue weighted by Gasteiger charge is -2.14. The summed E-state index contributed by atoms with van der Waals surface area (Å²) in [5, 5.41) is 0. The van der Waals surface area contributed by atoms with E-state index in [1.807, 2.05) is 6.07 Å². The highest BCUT2D eigenvalue weighted by Gasteiger charge is 2.15. The van der Waals surface area contributed by atoms with Crippen LogP contribution in [-0.4, -0.2) is 12.3 Å². The predicted molar refractivity (Wildman–Crippen MR) is 99.5 cm³/mol. The number of hydrogen-bond donors (Lipinski definition) is 1.